The maximum atomic E-state index is 5.20. The molecule has 7 rings (SSSR count). The number of fused-ring (bicyclic) bond motifs is 8. The van der Waals surface area contributed by atoms with Crippen molar-refractivity contribution in [2.45, 2.75) is 0 Å². The SMILES string of the molecule is Brc1ccc2nc3c4ccccc4c4ccccc4c3c(-c3ccc4ccccc4n3)c2c1. The largest absolute Gasteiger partial charge is 0.248 e. The average molecular weight is 485 g/mol. The summed E-state index contributed by atoms with van der Waals surface area (Å²) in [5.74, 6) is 0. The maximum absolute atomic E-state index is 5.20. The smallest absolute Gasteiger partial charge is 0.0801 e. The second-order valence-corrected chi connectivity index (χ2v) is 9.27. The molecule has 0 atom stereocenters. The van der Waals surface area contributed by atoms with E-state index in [2.05, 4.69) is 113 Å². The fourth-order valence-corrected chi connectivity index (χ4v) is 5.39. The van der Waals surface area contributed by atoms with Crippen molar-refractivity contribution >= 4 is 70.2 Å². The number of rotatable bonds is 1. The molecule has 0 saturated carbocycles. The van der Waals surface area contributed by atoms with Crippen molar-refractivity contribution in [3.05, 3.63) is 108 Å². The normalized spacial score (nSPS) is 11.8. The van der Waals surface area contributed by atoms with Crippen LogP contribution in [0.2, 0.25) is 0 Å². The van der Waals surface area contributed by atoms with Gasteiger partial charge < -0.3 is 0 Å². The van der Waals surface area contributed by atoms with Gasteiger partial charge in [-0.25, -0.2) is 9.97 Å². The van der Waals surface area contributed by atoms with Gasteiger partial charge in [-0.3, -0.25) is 0 Å². The lowest BCUT2D eigenvalue weighted by atomic mass is 9.91. The van der Waals surface area contributed by atoms with E-state index in [0.29, 0.717) is 0 Å². The molecule has 0 aliphatic rings. The molecule has 0 radical (unpaired) electrons. The summed E-state index contributed by atoms with van der Waals surface area (Å²) >= 11 is 3.68. The minimum atomic E-state index is 0.963. The van der Waals surface area contributed by atoms with Gasteiger partial charge in [-0.2, -0.15) is 0 Å². The minimum absolute atomic E-state index is 0.963. The molecule has 0 aliphatic heterocycles. The van der Waals surface area contributed by atoms with E-state index in [1.807, 2.05) is 6.07 Å². The molecular weight excluding hydrogens is 468 g/mol. The van der Waals surface area contributed by atoms with Crippen molar-refractivity contribution < 1.29 is 0 Å². The molecular formula is C30H17BrN2. The van der Waals surface area contributed by atoms with E-state index in [9.17, 15) is 0 Å². The number of para-hydroxylation sites is 1. The summed E-state index contributed by atoms with van der Waals surface area (Å²) in [6.45, 7) is 0. The number of hydrogen-bond donors (Lipinski definition) is 0. The first kappa shape index (κ1) is 18.7. The number of aromatic nitrogens is 2. The van der Waals surface area contributed by atoms with Crippen LogP contribution in [0.3, 0.4) is 0 Å². The molecule has 154 valence electrons. The maximum Gasteiger partial charge on any atom is 0.0801 e. The fraction of sp³-hybridized carbons (Fsp3) is 0. The van der Waals surface area contributed by atoms with E-state index >= 15 is 0 Å². The Bertz CT molecular complexity index is 1890. The third-order valence-corrected chi connectivity index (χ3v) is 6.96. The lowest BCUT2D eigenvalue weighted by Gasteiger charge is -2.16. The number of hydrogen-bond acceptors (Lipinski definition) is 2. The molecule has 2 nitrogen and oxygen atoms in total. The van der Waals surface area contributed by atoms with Crippen LogP contribution in [0.1, 0.15) is 0 Å². The minimum Gasteiger partial charge on any atom is -0.248 e. The Morgan fingerprint density at radius 3 is 2.06 bits per heavy atom. The van der Waals surface area contributed by atoms with Crippen molar-refractivity contribution in [3.63, 3.8) is 0 Å². The van der Waals surface area contributed by atoms with Crippen LogP contribution in [0, 0.1) is 0 Å². The van der Waals surface area contributed by atoms with Gasteiger partial charge in [-0.05, 0) is 46.5 Å². The monoisotopic (exact) mass is 484 g/mol. The molecule has 0 unspecified atom stereocenters. The van der Waals surface area contributed by atoms with E-state index in [0.717, 1.165) is 53.8 Å². The summed E-state index contributed by atoms with van der Waals surface area (Å²) in [6, 6.07) is 36.1. The summed E-state index contributed by atoms with van der Waals surface area (Å²) in [7, 11) is 0. The number of halogens is 1. The van der Waals surface area contributed by atoms with Gasteiger partial charge in [0, 0.05) is 31.6 Å². The first-order valence-electron chi connectivity index (χ1n) is 11.0. The molecule has 0 N–H and O–H groups in total. The van der Waals surface area contributed by atoms with Gasteiger partial charge in [0.25, 0.3) is 0 Å². The predicted molar refractivity (Wildman–Crippen MR) is 143 cm³/mol. The number of benzene rings is 5. The average Bonchev–Trinajstić information content (AvgIpc) is 2.87. The van der Waals surface area contributed by atoms with Gasteiger partial charge in [-0.15, -0.1) is 0 Å². The molecule has 0 aliphatic carbocycles. The highest BCUT2D eigenvalue weighted by Crippen LogP contribution is 2.42. The molecule has 2 aromatic heterocycles. The van der Waals surface area contributed by atoms with Gasteiger partial charge in [0.2, 0.25) is 0 Å². The van der Waals surface area contributed by atoms with Crippen molar-refractivity contribution in [2.75, 3.05) is 0 Å². The Kier molecular flexibility index (Phi) is 4.02. The highest BCUT2D eigenvalue weighted by atomic mass is 79.9. The van der Waals surface area contributed by atoms with E-state index in [1.54, 1.807) is 0 Å². The summed E-state index contributed by atoms with van der Waals surface area (Å²) in [4.78, 5) is 10.3. The van der Waals surface area contributed by atoms with Gasteiger partial charge in [0.05, 0.1) is 22.2 Å². The van der Waals surface area contributed by atoms with Crippen LogP contribution >= 0.6 is 15.9 Å². The van der Waals surface area contributed by atoms with Crippen LogP contribution in [-0.2, 0) is 0 Å². The van der Waals surface area contributed by atoms with Gasteiger partial charge >= 0.3 is 0 Å². The molecule has 2 heterocycles. The topological polar surface area (TPSA) is 25.8 Å². The highest BCUT2D eigenvalue weighted by Gasteiger charge is 2.18. The van der Waals surface area contributed by atoms with Gasteiger partial charge in [-0.1, -0.05) is 88.7 Å². The van der Waals surface area contributed by atoms with Crippen molar-refractivity contribution in [3.8, 4) is 11.3 Å². The molecule has 0 spiro atoms. The molecule has 5 aromatic carbocycles. The first-order chi connectivity index (χ1) is 16.3. The second-order valence-electron chi connectivity index (χ2n) is 8.35. The molecule has 0 fully saturated rings. The molecule has 33 heavy (non-hydrogen) atoms. The number of pyridine rings is 2. The zero-order chi connectivity index (χ0) is 21.9. The van der Waals surface area contributed by atoms with E-state index < -0.39 is 0 Å². The Labute approximate surface area is 198 Å². The van der Waals surface area contributed by atoms with Crippen LogP contribution < -0.4 is 0 Å². The molecule has 0 bridgehead atoms. The zero-order valence-electron chi connectivity index (χ0n) is 17.6. The zero-order valence-corrected chi connectivity index (χ0v) is 19.2. The molecule has 3 heteroatoms. The molecule has 7 aromatic rings. The predicted octanol–water partition coefficient (Wildman–Crippen LogP) is 8.67. The summed E-state index contributed by atoms with van der Waals surface area (Å²) in [5.41, 5.74) is 5.07. The van der Waals surface area contributed by atoms with Crippen LogP contribution in [0.5, 0.6) is 0 Å². The first-order valence-corrected chi connectivity index (χ1v) is 11.8. The summed E-state index contributed by atoms with van der Waals surface area (Å²) in [6.07, 6.45) is 0. The Balaban J connectivity index is 1.79. The third kappa shape index (κ3) is 2.79. The Morgan fingerprint density at radius 1 is 0.515 bits per heavy atom. The van der Waals surface area contributed by atoms with Gasteiger partial charge in [0.15, 0.2) is 0 Å². The lowest BCUT2D eigenvalue weighted by Crippen LogP contribution is -1.94. The Morgan fingerprint density at radius 2 is 1.21 bits per heavy atom. The van der Waals surface area contributed by atoms with Crippen molar-refractivity contribution in [1.82, 2.24) is 9.97 Å². The van der Waals surface area contributed by atoms with Crippen LogP contribution in [0.25, 0.3) is 65.5 Å². The standard InChI is InChI=1S/C30H17BrN2/c31-19-14-16-26-24(17-19)28(27-15-13-18-7-1-6-12-25(18)32-27)29-22-10-4-2-8-20(22)21-9-3-5-11-23(21)30(29)33-26/h1-17H. The molecule has 0 saturated heterocycles. The summed E-state index contributed by atoms with van der Waals surface area (Å²) in [5, 5.41) is 8.21. The molecule has 0 amide bonds. The van der Waals surface area contributed by atoms with E-state index in [-0.39, 0.29) is 0 Å². The fourth-order valence-electron chi connectivity index (χ4n) is 5.02. The Hall–Kier alpha value is -3.82. The lowest BCUT2D eigenvalue weighted by molar-refractivity contribution is 1.41. The van der Waals surface area contributed by atoms with E-state index in [4.69, 9.17) is 9.97 Å². The van der Waals surface area contributed by atoms with Gasteiger partial charge in [0.1, 0.15) is 0 Å². The second kappa shape index (κ2) is 7.09. The van der Waals surface area contributed by atoms with E-state index in [1.165, 1.54) is 16.2 Å². The van der Waals surface area contributed by atoms with Crippen LogP contribution in [0.4, 0.5) is 0 Å². The van der Waals surface area contributed by atoms with Crippen molar-refractivity contribution in [1.29, 1.82) is 0 Å². The third-order valence-electron chi connectivity index (χ3n) is 6.47. The van der Waals surface area contributed by atoms with Crippen molar-refractivity contribution in [2.24, 2.45) is 0 Å². The number of nitrogens with zero attached hydrogens (tertiary/aromatic N) is 2. The quantitative estimate of drug-likeness (QED) is 0.172. The van der Waals surface area contributed by atoms with Crippen LogP contribution in [0.15, 0.2) is 108 Å². The van der Waals surface area contributed by atoms with Crippen LogP contribution in [-0.4, -0.2) is 9.97 Å². The highest BCUT2D eigenvalue weighted by molar-refractivity contribution is 9.10. The summed E-state index contributed by atoms with van der Waals surface area (Å²) < 4.78 is 1.03.